The molecule has 142 valence electrons. The molecule has 0 amide bonds. The molecular formula is C20H21ClN2O3S. The second-order valence-electron chi connectivity index (χ2n) is 6.73. The second-order valence-corrected chi connectivity index (χ2v) is 8.31. The number of hydrogen-bond donors (Lipinski definition) is 1. The molecule has 1 N–H and O–H groups in total. The van der Waals surface area contributed by atoms with E-state index < -0.39 is 0 Å². The van der Waals surface area contributed by atoms with Gasteiger partial charge in [0.05, 0.1) is 17.6 Å². The number of thiophene rings is 1. The molecule has 0 radical (unpaired) electrons. The van der Waals surface area contributed by atoms with Crippen LogP contribution in [0.15, 0.2) is 24.3 Å². The number of benzene rings is 1. The molecule has 0 aliphatic heterocycles. The summed E-state index contributed by atoms with van der Waals surface area (Å²) >= 11 is 7.64. The maximum Gasteiger partial charge on any atom is 0.348 e. The molecule has 0 saturated carbocycles. The highest BCUT2D eigenvalue weighted by atomic mass is 35.5. The number of aliphatic hydroxyl groups is 1. The zero-order valence-electron chi connectivity index (χ0n) is 14.9. The van der Waals surface area contributed by atoms with E-state index >= 15 is 0 Å². The number of carbonyl (C=O) groups is 1. The van der Waals surface area contributed by atoms with Crippen molar-refractivity contribution >= 4 is 39.9 Å². The van der Waals surface area contributed by atoms with Crippen molar-refractivity contribution in [3.05, 3.63) is 50.4 Å². The van der Waals surface area contributed by atoms with Crippen LogP contribution in [0.2, 0.25) is 5.02 Å². The van der Waals surface area contributed by atoms with Gasteiger partial charge in [-0.15, -0.1) is 11.3 Å². The molecule has 3 aromatic rings. The first-order chi connectivity index (χ1) is 13.2. The van der Waals surface area contributed by atoms with Gasteiger partial charge in [-0.3, -0.25) is 0 Å². The van der Waals surface area contributed by atoms with Gasteiger partial charge in [0.25, 0.3) is 0 Å². The number of aliphatic hydroxyl groups excluding tert-OH is 1. The van der Waals surface area contributed by atoms with Crippen LogP contribution in [0.25, 0.3) is 11.0 Å². The second kappa shape index (κ2) is 8.00. The first-order valence-electron chi connectivity index (χ1n) is 9.20. The zero-order chi connectivity index (χ0) is 18.8. The molecule has 1 aliphatic carbocycles. The van der Waals surface area contributed by atoms with Crippen LogP contribution in [0.5, 0.6) is 0 Å². The molecule has 0 bridgehead atoms. The molecule has 4 rings (SSSR count). The molecule has 1 aliphatic rings. The minimum atomic E-state index is -0.311. The van der Waals surface area contributed by atoms with E-state index in [2.05, 4.69) is 4.98 Å². The summed E-state index contributed by atoms with van der Waals surface area (Å²) in [6.07, 6.45) is 5.74. The Hall–Kier alpha value is -1.89. The fourth-order valence-corrected chi connectivity index (χ4v) is 4.89. The highest BCUT2D eigenvalue weighted by molar-refractivity contribution is 7.14. The number of nitrogens with zero attached hydrogens (tertiary/aromatic N) is 2. The lowest BCUT2D eigenvalue weighted by atomic mass is 10.1. The minimum Gasteiger partial charge on any atom is -0.453 e. The van der Waals surface area contributed by atoms with Gasteiger partial charge in [-0.2, -0.15) is 0 Å². The molecular weight excluding hydrogens is 384 g/mol. The van der Waals surface area contributed by atoms with E-state index in [4.69, 9.17) is 16.3 Å². The lowest BCUT2D eigenvalue weighted by molar-refractivity contribution is 0.0463. The number of aromatic nitrogens is 2. The van der Waals surface area contributed by atoms with Gasteiger partial charge in [-0.1, -0.05) is 18.0 Å². The smallest absolute Gasteiger partial charge is 0.348 e. The number of rotatable bonds is 5. The first kappa shape index (κ1) is 18.5. The molecule has 2 aromatic heterocycles. The standard InChI is InChI=1S/C20H21ClN2O3S/c21-14-6-7-15-16(11-14)23(8-9-24)19(22-15)12-26-20(25)18-10-13-4-2-1-3-5-17(13)27-18/h6-7,10-11,24H,1-5,8-9,12H2. The van der Waals surface area contributed by atoms with Crippen molar-refractivity contribution < 1.29 is 14.6 Å². The summed E-state index contributed by atoms with van der Waals surface area (Å²) in [6.45, 7) is 0.404. The monoisotopic (exact) mass is 404 g/mol. The van der Waals surface area contributed by atoms with Crippen LogP contribution in [0, 0.1) is 0 Å². The summed E-state index contributed by atoms with van der Waals surface area (Å²) in [5, 5.41) is 9.98. The highest BCUT2D eigenvalue weighted by Crippen LogP contribution is 2.29. The SMILES string of the molecule is O=C(OCc1nc2ccc(Cl)cc2n1CCO)c1cc2c(s1)CCCCC2. The van der Waals surface area contributed by atoms with Crippen LogP contribution in [-0.2, 0) is 30.7 Å². The molecule has 0 unspecified atom stereocenters. The number of aryl methyl sites for hydroxylation is 2. The largest absolute Gasteiger partial charge is 0.453 e. The normalized spacial score (nSPS) is 14.1. The van der Waals surface area contributed by atoms with Crippen molar-refractivity contribution in [1.82, 2.24) is 9.55 Å². The lowest BCUT2D eigenvalue weighted by Gasteiger charge is -2.08. The van der Waals surface area contributed by atoms with Gasteiger partial charge in [0.1, 0.15) is 17.3 Å². The van der Waals surface area contributed by atoms with Crippen molar-refractivity contribution in [3.63, 3.8) is 0 Å². The van der Waals surface area contributed by atoms with Gasteiger partial charge < -0.3 is 14.4 Å². The van der Waals surface area contributed by atoms with E-state index in [0.717, 1.165) is 23.9 Å². The van der Waals surface area contributed by atoms with E-state index in [1.807, 2.05) is 16.7 Å². The predicted octanol–water partition coefficient (Wildman–Crippen LogP) is 4.37. The fraction of sp³-hybridized carbons (Fsp3) is 0.400. The molecule has 0 fully saturated rings. The molecule has 5 nitrogen and oxygen atoms in total. The van der Waals surface area contributed by atoms with Gasteiger partial charge in [-0.25, -0.2) is 9.78 Å². The Labute approximate surface area is 166 Å². The number of hydrogen-bond acceptors (Lipinski definition) is 5. The quantitative estimate of drug-likeness (QED) is 0.506. The summed E-state index contributed by atoms with van der Waals surface area (Å²) in [4.78, 5) is 19.1. The maximum atomic E-state index is 12.5. The molecule has 2 heterocycles. The third-order valence-corrected chi connectivity index (χ3v) is 6.35. The average Bonchev–Trinajstić information content (AvgIpc) is 3.14. The third kappa shape index (κ3) is 3.88. The molecule has 0 saturated heterocycles. The molecule has 1 aromatic carbocycles. The van der Waals surface area contributed by atoms with E-state index in [-0.39, 0.29) is 19.2 Å². The number of fused-ring (bicyclic) bond motifs is 2. The predicted molar refractivity (Wildman–Crippen MR) is 107 cm³/mol. The summed E-state index contributed by atoms with van der Waals surface area (Å²) in [7, 11) is 0. The van der Waals surface area contributed by atoms with Crippen LogP contribution in [0.3, 0.4) is 0 Å². The molecule has 27 heavy (non-hydrogen) atoms. The Morgan fingerprint density at radius 3 is 2.96 bits per heavy atom. The van der Waals surface area contributed by atoms with Crippen LogP contribution < -0.4 is 0 Å². The topological polar surface area (TPSA) is 64.3 Å². The summed E-state index contributed by atoms with van der Waals surface area (Å²) in [5.41, 5.74) is 2.89. The fourth-order valence-electron chi connectivity index (χ4n) is 3.57. The number of halogens is 1. The van der Waals surface area contributed by atoms with Gasteiger partial charge in [0.2, 0.25) is 0 Å². The Morgan fingerprint density at radius 2 is 2.11 bits per heavy atom. The lowest BCUT2D eigenvalue weighted by Crippen LogP contribution is -2.11. The van der Waals surface area contributed by atoms with Crippen LogP contribution in [0.4, 0.5) is 0 Å². The van der Waals surface area contributed by atoms with Crippen molar-refractivity contribution in [2.75, 3.05) is 6.61 Å². The van der Waals surface area contributed by atoms with Crippen LogP contribution >= 0.6 is 22.9 Å². The Bertz CT molecular complexity index is 956. The third-order valence-electron chi connectivity index (χ3n) is 4.89. The van der Waals surface area contributed by atoms with Crippen LogP contribution in [0.1, 0.15) is 45.2 Å². The maximum absolute atomic E-state index is 12.5. The van der Waals surface area contributed by atoms with E-state index in [0.29, 0.717) is 22.3 Å². The number of carbonyl (C=O) groups excluding carboxylic acids is 1. The Balaban J connectivity index is 1.53. The van der Waals surface area contributed by atoms with Crippen LogP contribution in [-0.4, -0.2) is 27.2 Å². The summed E-state index contributed by atoms with van der Waals surface area (Å²) in [6, 6.07) is 7.40. The van der Waals surface area contributed by atoms with E-state index in [9.17, 15) is 9.90 Å². The summed E-state index contributed by atoms with van der Waals surface area (Å²) in [5.74, 6) is 0.293. The molecule has 0 atom stereocenters. The number of esters is 1. The molecule has 0 spiro atoms. The van der Waals surface area contributed by atoms with Crippen molar-refractivity contribution in [2.45, 2.75) is 45.3 Å². The number of ether oxygens (including phenoxy) is 1. The van der Waals surface area contributed by atoms with Gasteiger partial charge in [-0.05, 0) is 55.5 Å². The summed E-state index contributed by atoms with van der Waals surface area (Å²) < 4.78 is 7.39. The van der Waals surface area contributed by atoms with Gasteiger partial charge in [0, 0.05) is 16.4 Å². The van der Waals surface area contributed by atoms with Gasteiger partial charge >= 0.3 is 5.97 Å². The number of imidazole rings is 1. The first-order valence-corrected chi connectivity index (χ1v) is 10.4. The van der Waals surface area contributed by atoms with Crippen molar-refractivity contribution in [3.8, 4) is 0 Å². The van der Waals surface area contributed by atoms with Gasteiger partial charge in [0.15, 0.2) is 0 Å². The average molecular weight is 405 g/mol. The van der Waals surface area contributed by atoms with E-state index in [1.54, 1.807) is 23.5 Å². The van der Waals surface area contributed by atoms with Crippen molar-refractivity contribution in [2.24, 2.45) is 0 Å². The Kier molecular flexibility index (Phi) is 5.48. The Morgan fingerprint density at radius 1 is 1.26 bits per heavy atom. The molecule has 7 heteroatoms. The highest BCUT2D eigenvalue weighted by Gasteiger charge is 2.19. The van der Waals surface area contributed by atoms with E-state index in [1.165, 1.54) is 29.7 Å². The minimum absolute atomic E-state index is 0.0312. The zero-order valence-corrected chi connectivity index (χ0v) is 16.5. The van der Waals surface area contributed by atoms with Crippen molar-refractivity contribution in [1.29, 1.82) is 0 Å².